The first-order valence-corrected chi connectivity index (χ1v) is 7.06. The summed E-state index contributed by atoms with van der Waals surface area (Å²) in [6, 6.07) is 12.7. The second kappa shape index (κ2) is 6.52. The fourth-order valence-electron chi connectivity index (χ4n) is 1.60. The number of carbonyl (C=O) groups is 1. The summed E-state index contributed by atoms with van der Waals surface area (Å²) in [6.07, 6.45) is 0. The van der Waals surface area contributed by atoms with Crippen LogP contribution in [-0.4, -0.2) is 17.0 Å². The molecule has 0 radical (unpaired) electrons. The van der Waals surface area contributed by atoms with Gasteiger partial charge in [0.1, 0.15) is 11.6 Å². The third-order valence-corrected chi connectivity index (χ3v) is 3.09. The van der Waals surface area contributed by atoms with E-state index in [4.69, 9.17) is 4.74 Å². The maximum Gasteiger partial charge on any atom is 0.362 e. The number of halogens is 1. The van der Waals surface area contributed by atoms with Crippen molar-refractivity contribution < 1.29 is 9.53 Å². The van der Waals surface area contributed by atoms with Crippen molar-refractivity contribution in [3.05, 3.63) is 52.6 Å². The lowest BCUT2D eigenvalue weighted by atomic mass is 10.3. The molecule has 0 amide bonds. The van der Waals surface area contributed by atoms with Gasteiger partial charge in [-0.3, -0.25) is 0 Å². The van der Waals surface area contributed by atoms with E-state index in [1.54, 1.807) is 24.3 Å². The van der Waals surface area contributed by atoms with Crippen LogP contribution in [0, 0.1) is 0 Å². The van der Waals surface area contributed by atoms with Gasteiger partial charge in [-0.25, -0.2) is 9.78 Å². The molecule has 0 saturated heterocycles. The maximum absolute atomic E-state index is 12.1. The molecule has 0 fully saturated rings. The number of aromatic nitrogens is 1. The number of esters is 1. The third-order valence-electron chi connectivity index (χ3n) is 2.43. The molecule has 4 nitrogen and oxygen atoms in total. The molecule has 0 atom stereocenters. The van der Waals surface area contributed by atoms with Crippen molar-refractivity contribution in [2.24, 2.45) is 0 Å². The van der Waals surface area contributed by atoms with E-state index < -0.39 is 5.97 Å². The van der Waals surface area contributed by atoms with Gasteiger partial charge in [0.05, 0.1) is 4.47 Å². The fourth-order valence-corrected chi connectivity index (χ4v) is 1.97. The highest BCUT2D eigenvalue weighted by molar-refractivity contribution is 9.10. The first-order valence-electron chi connectivity index (χ1n) is 6.26. The summed E-state index contributed by atoms with van der Waals surface area (Å²) in [5.74, 6) is 0.646. The van der Waals surface area contributed by atoms with Gasteiger partial charge in [0.2, 0.25) is 0 Å². The number of ether oxygens (including phenoxy) is 1. The molecular formula is C15H15BrN2O2. The van der Waals surface area contributed by atoms with Crippen LogP contribution in [0.4, 0.5) is 5.82 Å². The molecule has 0 spiro atoms. The third kappa shape index (κ3) is 3.81. The van der Waals surface area contributed by atoms with Gasteiger partial charge < -0.3 is 10.1 Å². The monoisotopic (exact) mass is 334 g/mol. The standard InChI is InChI=1S/C15H15BrN2O2/c1-10(2)17-14-9-5-7-12(18-14)15(19)20-13-8-4-3-6-11(13)16/h3-10H,1-2H3,(H,17,18). The predicted molar refractivity (Wildman–Crippen MR) is 82.1 cm³/mol. The van der Waals surface area contributed by atoms with Crippen LogP contribution in [0.3, 0.4) is 0 Å². The van der Waals surface area contributed by atoms with E-state index in [1.807, 2.05) is 32.0 Å². The molecule has 2 aromatic rings. The van der Waals surface area contributed by atoms with Crippen molar-refractivity contribution in [2.75, 3.05) is 5.32 Å². The Morgan fingerprint density at radius 2 is 1.95 bits per heavy atom. The van der Waals surface area contributed by atoms with Gasteiger partial charge in [-0.15, -0.1) is 0 Å². The van der Waals surface area contributed by atoms with Crippen LogP contribution in [0.15, 0.2) is 46.9 Å². The number of nitrogens with zero attached hydrogens (tertiary/aromatic N) is 1. The highest BCUT2D eigenvalue weighted by atomic mass is 79.9. The summed E-state index contributed by atoms with van der Waals surface area (Å²) in [5, 5.41) is 3.15. The average Bonchev–Trinajstić information content (AvgIpc) is 2.41. The van der Waals surface area contributed by atoms with Crippen LogP contribution in [0.5, 0.6) is 5.75 Å². The average molecular weight is 335 g/mol. The molecule has 0 unspecified atom stereocenters. The van der Waals surface area contributed by atoms with E-state index in [2.05, 4.69) is 26.2 Å². The molecule has 104 valence electrons. The van der Waals surface area contributed by atoms with Crippen LogP contribution >= 0.6 is 15.9 Å². The van der Waals surface area contributed by atoms with Gasteiger partial charge in [0.15, 0.2) is 5.69 Å². The molecule has 5 heteroatoms. The Kier molecular flexibility index (Phi) is 4.74. The summed E-state index contributed by atoms with van der Waals surface area (Å²) in [4.78, 5) is 16.3. The SMILES string of the molecule is CC(C)Nc1cccc(C(=O)Oc2ccccc2Br)n1. The molecule has 0 bridgehead atoms. The number of pyridine rings is 1. The van der Waals surface area contributed by atoms with Crippen molar-refractivity contribution in [3.63, 3.8) is 0 Å². The summed E-state index contributed by atoms with van der Waals surface area (Å²) in [5.41, 5.74) is 0.270. The zero-order valence-electron chi connectivity index (χ0n) is 11.3. The zero-order chi connectivity index (χ0) is 14.5. The summed E-state index contributed by atoms with van der Waals surface area (Å²) >= 11 is 3.33. The second-order valence-corrected chi connectivity index (χ2v) is 5.38. The van der Waals surface area contributed by atoms with E-state index in [1.165, 1.54) is 0 Å². The van der Waals surface area contributed by atoms with Crippen molar-refractivity contribution >= 4 is 27.7 Å². The fraction of sp³-hybridized carbons (Fsp3) is 0.200. The lowest BCUT2D eigenvalue weighted by Gasteiger charge is -2.10. The largest absolute Gasteiger partial charge is 0.421 e. The van der Waals surface area contributed by atoms with E-state index in [9.17, 15) is 4.79 Å². The van der Waals surface area contributed by atoms with Crippen LogP contribution in [0.2, 0.25) is 0 Å². The number of anilines is 1. The molecule has 2 rings (SSSR count). The Morgan fingerprint density at radius 1 is 1.20 bits per heavy atom. The molecule has 0 aliphatic heterocycles. The first kappa shape index (κ1) is 14.5. The second-order valence-electron chi connectivity index (χ2n) is 4.53. The van der Waals surface area contributed by atoms with Gasteiger partial charge in [0.25, 0.3) is 0 Å². The number of rotatable bonds is 4. The number of para-hydroxylation sites is 1. The molecule has 0 saturated carbocycles. The Balaban J connectivity index is 2.15. The number of benzene rings is 1. The maximum atomic E-state index is 12.1. The van der Waals surface area contributed by atoms with Crippen LogP contribution in [0.25, 0.3) is 0 Å². The van der Waals surface area contributed by atoms with Crippen molar-refractivity contribution in [2.45, 2.75) is 19.9 Å². The van der Waals surface area contributed by atoms with Gasteiger partial charge >= 0.3 is 5.97 Å². The van der Waals surface area contributed by atoms with Gasteiger partial charge in [-0.05, 0) is 54.0 Å². The molecule has 1 heterocycles. The number of nitrogens with one attached hydrogen (secondary N) is 1. The minimum atomic E-state index is -0.482. The molecule has 1 aromatic heterocycles. The van der Waals surface area contributed by atoms with Crippen LogP contribution in [0.1, 0.15) is 24.3 Å². The Morgan fingerprint density at radius 3 is 2.65 bits per heavy atom. The Hall–Kier alpha value is -1.88. The lowest BCUT2D eigenvalue weighted by Crippen LogP contribution is -2.15. The smallest absolute Gasteiger partial charge is 0.362 e. The summed E-state index contributed by atoms with van der Waals surface area (Å²) in [6.45, 7) is 4.02. The minimum absolute atomic E-state index is 0.247. The van der Waals surface area contributed by atoms with Gasteiger partial charge in [-0.2, -0.15) is 0 Å². The van der Waals surface area contributed by atoms with E-state index in [0.29, 0.717) is 11.6 Å². The first-order chi connectivity index (χ1) is 9.56. The number of hydrogen-bond acceptors (Lipinski definition) is 4. The molecule has 0 aliphatic rings. The van der Waals surface area contributed by atoms with Gasteiger partial charge in [0, 0.05) is 6.04 Å². The Labute approximate surface area is 126 Å². The normalized spacial score (nSPS) is 10.4. The van der Waals surface area contributed by atoms with Crippen molar-refractivity contribution in [3.8, 4) is 5.75 Å². The van der Waals surface area contributed by atoms with E-state index in [0.717, 1.165) is 4.47 Å². The van der Waals surface area contributed by atoms with Crippen LogP contribution in [-0.2, 0) is 0 Å². The molecule has 20 heavy (non-hydrogen) atoms. The van der Waals surface area contributed by atoms with E-state index in [-0.39, 0.29) is 11.7 Å². The molecular weight excluding hydrogens is 320 g/mol. The molecule has 1 N–H and O–H groups in total. The van der Waals surface area contributed by atoms with Crippen molar-refractivity contribution in [1.29, 1.82) is 0 Å². The van der Waals surface area contributed by atoms with Crippen LogP contribution < -0.4 is 10.1 Å². The number of hydrogen-bond donors (Lipinski definition) is 1. The van der Waals surface area contributed by atoms with E-state index >= 15 is 0 Å². The highest BCUT2D eigenvalue weighted by Crippen LogP contribution is 2.24. The van der Waals surface area contributed by atoms with Crippen molar-refractivity contribution in [1.82, 2.24) is 4.98 Å². The summed E-state index contributed by atoms with van der Waals surface area (Å²) < 4.78 is 6.04. The lowest BCUT2D eigenvalue weighted by molar-refractivity contribution is 0.0727. The zero-order valence-corrected chi connectivity index (χ0v) is 12.8. The molecule has 0 aliphatic carbocycles. The minimum Gasteiger partial charge on any atom is -0.421 e. The quantitative estimate of drug-likeness (QED) is 0.680. The molecule has 1 aromatic carbocycles. The van der Waals surface area contributed by atoms with Gasteiger partial charge in [-0.1, -0.05) is 18.2 Å². The summed E-state index contributed by atoms with van der Waals surface area (Å²) in [7, 11) is 0. The topological polar surface area (TPSA) is 51.2 Å². The predicted octanol–water partition coefficient (Wildman–Crippen LogP) is 3.88. The highest BCUT2D eigenvalue weighted by Gasteiger charge is 2.12. The number of carbonyl (C=O) groups excluding carboxylic acids is 1. The Bertz CT molecular complexity index is 614.